The van der Waals surface area contributed by atoms with Gasteiger partial charge in [0.25, 0.3) is 0 Å². The van der Waals surface area contributed by atoms with E-state index in [0.717, 1.165) is 12.1 Å². The van der Waals surface area contributed by atoms with Crippen LogP contribution in [0.15, 0.2) is 17.0 Å². The monoisotopic (exact) mass is 349 g/mol. The van der Waals surface area contributed by atoms with E-state index in [2.05, 4.69) is 0 Å². The van der Waals surface area contributed by atoms with Crippen molar-refractivity contribution >= 4 is 16.0 Å². The van der Waals surface area contributed by atoms with E-state index in [1.54, 1.807) is 0 Å². The van der Waals surface area contributed by atoms with Crippen molar-refractivity contribution in [1.82, 2.24) is 4.72 Å². The largest absolute Gasteiger partial charge is 0.493 e. The topological polar surface area (TPSA) is 102 Å². The van der Waals surface area contributed by atoms with Gasteiger partial charge in [-0.1, -0.05) is 19.8 Å². The van der Waals surface area contributed by atoms with Gasteiger partial charge in [0.2, 0.25) is 10.0 Å². The number of ether oxygens (including phenoxy) is 2. The molecule has 1 unspecified atom stereocenters. The lowest BCUT2D eigenvalue weighted by Gasteiger charge is -2.16. The zero-order valence-corrected chi connectivity index (χ0v) is 13.9. The Morgan fingerprint density at radius 2 is 1.87 bits per heavy atom. The third-order valence-electron chi connectivity index (χ3n) is 3.17. The molecular weight excluding hydrogens is 329 g/mol. The van der Waals surface area contributed by atoms with Crippen LogP contribution in [-0.4, -0.2) is 39.8 Å². The minimum absolute atomic E-state index is 0.0229. The molecule has 1 aromatic rings. The van der Waals surface area contributed by atoms with Gasteiger partial charge >= 0.3 is 5.97 Å². The van der Waals surface area contributed by atoms with Crippen LogP contribution in [0.1, 0.15) is 26.2 Å². The molecule has 0 saturated carbocycles. The summed E-state index contributed by atoms with van der Waals surface area (Å²) in [6.07, 6.45) is 1.34. The number of benzene rings is 1. The van der Waals surface area contributed by atoms with Crippen molar-refractivity contribution in [1.29, 1.82) is 0 Å². The van der Waals surface area contributed by atoms with E-state index in [9.17, 15) is 17.6 Å². The quantitative estimate of drug-likeness (QED) is 0.704. The molecule has 23 heavy (non-hydrogen) atoms. The number of carboxylic acid groups (broad SMARTS) is 1. The number of sulfonamides is 1. The van der Waals surface area contributed by atoms with Gasteiger partial charge in [-0.15, -0.1) is 0 Å². The summed E-state index contributed by atoms with van der Waals surface area (Å²) in [6, 6.07) is 0.497. The maximum absolute atomic E-state index is 14.1. The molecule has 0 aromatic heterocycles. The predicted octanol–water partition coefficient (Wildman–Crippen LogP) is 1.76. The number of carboxylic acids is 1. The van der Waals surface area contributed by atoms with Gasteiger partial charge in [0, 0.05) is 12.1 Å². The van der Waals surface area contributed by atoms with Gasteiger partial charge in [-0.25, -0.2) is 12.8 Å². The average Bonchev–Trinajstić information content (AvgIpc) is 2.50. The van der Waals surface area contributed by atoms with Gasteiger partial charge in [-0.2, -0.15) is 4.72 Å². The summed E-state index contributed by atoms with van der Waals surface area (Å²) >= 11 is 0. The molecule has 0 heterocycles. The highest BCUT2D eigenvalue weighted by atomic mass is 32.2. The highest BCUT2D eigenvalue weighted by Crippen LogP contribution is 2.31. The first kappa shape index (κ1) is 19.2. The van der Waals surface area contributed by atoms with Crippen LogP contribution in [0.2, 0.25) is 0 Å². The molecule has 2 N–H and O–H groups in total. The maximum atomic E-state index is 14.1. The smallest absolute Gasteiger partial charge is 0.321 e. The van der Waals surface area contributed by atoms with Gasteiger partial charge in [-0.05, 0) is 6.42 Å². The first-order valence-corrected chi connectivity index (χ1v) is 8.41. The van der Waals surface area contributed by atoms with E-state index in [1.807, 2.05) is 11.6 Å². The fourth-order valence-electron chi connectivity index (χ4n) is 1.93. The molecule has 0 radical (unpaired) electrons. The lowest BCUT2D eigenvalue weighted by atomic mass is 10.1. The molecule has 0 saturated heterocycles. The number of nitrogens with one attached hydrogen (secondary N) is 1. The number of halogens is 1. The van der Waals surface area contributed by atoms with Gasteiger partial charge in [0.1, 0.15) is 16.8 Å². The third kappa shape index (κ3) is 4.80. The van der Waals surface area contributed by atoms with Crippen molar-refractivity contribution in [2.24, 2.45) is 0 Å². The first-order chi connectivity index (χ1) is 10.8. The van der Waals surface area contributed by atoms with Crippen LogP contribution in [0.3, 0.4) is 0 Å². The summed E-state index contributed by atoms with van der Waals surface area (Å²) in [5, 5.41) is 9.10. The molecular formula is C14H20FNO6S. The molecule has 1 atom stereocenters. The summed E-state index contributed by atoms with van der Waals surface area (Å²) < 4.78 is 50.5. The fraction of sp³-hybridized carbons (Fsp3) is 0.500. The molecule has 0 bridgehead atoms. The molecule has 1 rings (SSSR count). The number of hydrogen-bond acceptors (Lipinski definition) is 5. The third-order valence-corrected chi connectivity index (χ3v) is 4.66. The molecule has 0 aliphatic rings. The minimum Gasteiger partial charge on any atom is -0.493 e. The van der Waals surface area contributed by atoms with Gasteiger partial charge in [0.15, 0.2) is 11.5 Å². The Balaban J connectivity index is 3.19. The molecule has 130 valence electrons. The zero-order chi connectivity index (χ0) is 17.6. The fourth-order valence-corrected chi connectivity index (χ4v) is 3.23. The molecule has 9 heteroatoms. The van der Waals surface area contributed by atoms with E-state index in [1.165, 1.54) is 14.2 Å². The van der Waals surface area contributed by atoms with Crippen molar-refractivity contribution in [3.05, 3.63) is 17.9 Å². The standard InChI is InChI=1S/C14H20FNO6S/c1-4-5-6-10(14(17)18)16-23(19,20)13-8-12(22-3)11(21-2)7-9(13)15/h7-8,10,16H,4-6H2,1-3H3,(H,17,18). The molecule has 0 amide bonds. The molecule has 7 nitrogen and oxygen atoms in total. The van der Waals surface area contributed by atoms with Crippen LogP contribution in [0, 0.1) is 5.82 Å². The minimum atomic E-state index is -4.36. The normalized spacial score (nSPS) is 12.7. The zero-order valence-electron chi connectivity index (χ0n) is 13.1. The van der Waals surface area contributed by atoms with E-state index in [-0.39, 0.29) is 17.9 Å². The van der Waals surface area contributed by atoms with Crippen LogP contribution in [-0.2, 0) is 14.8 Å². The number of aliphatic carboxylic acids is 1. The summed E-state index contributed by atoms with van der Waals surface area (Å²) in [4.78, 5) is 10.5. The maximum Gasteiger partial charge on any atom is 0.321 e. The Hall–Kier alpha value is -1.87. The Kier molecular flexibility index (Phi) is 6.77. The van der Waals surface area contributed by atoms with Crippen molar-refractivity contribution in [3.63, 3.8) is 0 Å². The average molecular weight is 349 g/mol. The highest BCUT2D eigenvalue weighted by Gasteiger charge is 2.28. The van der Waals surface area contributed by atoms with Crippen LogP contribution >= 0.6 is 0 Å². The molecule has 0 fully saturated rings. The lowest BCUT2D eigenvalue weighted by molar-refractivity contribution is -0.139. The van der Waals surface area contributed by atoms with Crippen LogP contribution in [0.5, 0.6) is 11.5 Å². The second-order valence-electron chi connectivity index (χ2n) is 4.79. The second-order valence-corrected chi connectivity index (χ2v) is 6.47. The van der Waals surface area contributed by atoms with Crippen molar-refractivity contribution in [3.8, 4) is 11.5 Å². The number of hydrogen-bond donors (Lipinski definition) is 2. The highest BCUT2D eigenvalue weighted by molar-refractivity contribution is 7.89. The SMILES string of the molecule is CCCCC(NS(=O)(=O)c1cc(OC)c(OC)cc1F)C(=O)O. The number of carbonyl (C=O) groups is 1. The first-order valence-electron chi connectivity index (χ1n) is 6.93. The molecule has 0 spiro atoms. The molecule has 0 aliphatic carbocycles. The Morgan fingerprint density at radius 1 is 1.30 bits per heavy atom. The van der Waals surface area contributed by atoms with E-state index in [4.69, 9.17) is 14.6 Å². The summed E-state index contributed by atoms with van der Waals surface area (Å²) in [7, 11) is -1.80. The summed E-state index contributed by atoms with van der Waals surface area (Å²) in [5.41, 5.74) is 0. The van der Waals surface area contributed by atoms with E-state index in [0.29, 0.717) is 12.8 Å². The van der Waals surface area contributed by atoms with Crippen LogP contribution in [0.25, 0.3) is 0 Å². The predicted molar refractivity (Wildman–Crippen MR) is 80.8 cm³/mol. The van der Waals surface area contributed by atoms with Crippen molar-refractivity contribution < 1.29 is 32.2 Å². The molecule has 1 aromatic carbocycles. The van der Waals surface area contributed by atoms with Gasteiger partial charge < -0.3 is 14.6 Å². The second kappa shape index (κ2) is 8.11. The Labute approximate surface area is 134 Å². The Bertz CT molecular complexity index is 661. The Morgan fingerprint density at radius 3 is 2.35 bits per heavy atom. The van der Waals surface area contributed by atoms with E-state index >= 15 is 0 Å². The van der Waals surface area contributed by atoms with Crippen molar-refractivity contribution in [2.45, 2.75) is 37.1 Å². The lowest BCUT2D eigenvalue weighted by Crippen LogP contribution is -2.40. The van der Waals surface area contributed by atoms with Gasteiger partial charge in [-0.3, -0.25) is 4.79 Å². The number of rotatable bonds is 9. The number of methoxy groups -OCH3 is 2. The van der Waals surface area contributed by atoms with E-state index < -0.39 is 32.7 Å². The van der Waals surface area contributed by atoms with Crippen LogP contribution < -0.4 is 14.2 Å². The van der Waals surface area contributed by atoms with Gasteiger partial charge in [0.05, 0.1) is 14.2 Å². The summed E-state index contributed by atoms with van der Waals surface area (Å²) in [6.45, 7) is 1.85. The number of unbranched alkanes of at least 4 members (excludes halogenated alkanes) is 1. The summed E-state index contributed by atoms with van der Waals surface area (Å²) in [5.74, 6) is -2.32. The van der Waals surface area contributed by atoms with Crippen molar-refractivity contribution in [2.75, 3.05) is 14.2 Å². The molecule has 0 aliphatic heterocycles. The van der Waals surface area contributed by atoms with Crippen LogP contribution in [0.4, 0.5) is 4.39 Å².